The molecule has 0 saturated heterocycles. The lowest BCUT2D eigenvalue weighted by Crippen LogP contribution is -2.79. The molecule has 0 radical (unpaired) electrons. The smallest absolute Gasteiger partial charge is 0.408 e. The van der Waals surface area contributed by atoms with E-state index in [9.17, 15) is 14.7 Å². The van der Waals surface area contributed by atoms with Gasteiger partial charge in [-0.2, -0.15) is 0 Å². The monoisotopic (exact) mass is 285 g/mol. The first kappa shape index (κ1) is 15.1. The molecule has 2 N–H and O–H groups in total. The van der Waals surface area contributed by atoms with Crippen molar-refractivity contribution >= 4 is 12.1 Å². The average Bonchev–Trinajstić information content (AvgIpc) is 2.21. The lowest BCUT2D eigenvalue weighted by Gasteiger charge is -2.64. The van der Waals surface area contributed by atoms with Gasteiger partial charge in [-0.1, -0.05) is 6.42 Å². The maximum atomic E-state index is 12.2. The molecule has 2 fully saturated rings. The number of rotatable bonds is 2. The van der Waals surface area contributed by atoms with Crippen LogP contribution < -0.4 is 5.32 Å². The summed E-state index contributed by atoms with van der Waals surface area (Å²) in [5.41, 5.74) is -2.38. The SMILES string of the molecule is COC(=O)[C@]1(NC(=O)OC(C)(C)C)C[C@H](O)C12CCC2. The van der Waals surface area contributed by atoms with Crippen molar-refractivity contribution in [3.05, 3.63) is 0 Å². The number of ether oxygens (including phenoxy) is 2. The van der Waals surface area contributed by atoms with Gasteiger partial charge in [0.25, 0.3) is 0 Å². The third kappa shape index (κ3) is 2.06. The number of esters is 1. The second-order valence-electron chi connectivity index (χ2n) is 6.75. The van der Waals surface area contributed by atoms with Crippen molar-refractivity contribution in [1.82, 2.24) is 5.32 Å². The second-order valence-corrected chi connectivity index (χ2v) is 6.75. The molecule has 0 aromatic rings. The van der Waals surface area contributed by atoms with Crippen molar-refractivity contribution < 1.29 is 24.2 Å². The molecule has 114 valence electrons. The van der Waals surface area contributed by atoms with E-state index < -0.39 is 34.7 Å². The molecule has 0 unspecified atom stereocenters. The van der Waals surface area contributed by atoms with E-state index in [1.165, 1.54) is 7.11 Å². The number of hydrogen-bond acceptors (Lipinski definition) is 5. The summed E-state index contributed by atoms with van der Waals surface area (Å²) in [6.07, 6.45) is 1.30. The van der Waals surface area contributed by atoms with E-state index in [0.29, 0.717) is 12.8 Å². The van der Waals surface area contributed by atoms with Gasteiger partial charge in [-0.25, -0.2) is 9.59 Å². The highest BCUT2D eigenvalue weighted by Gasteiger charge is 2.72. The molecule has 0 heterocycles. The Hall–Kier alpha value is -1.30. The van der Waals surface area contributed by atoms with Gasteiger partial charge in [0.1, 0.15) is 5.60 Å². The van der Waals surface area contributed by atoms with Crippen LogP contribution in [0.4, 0.5) is 4.79 Å². The predicted molar refractivity (Wildman–Crippen MR) is 71.0 cm³/mol. The Morgan fingerprint density at radius 3 is 2.25 bits per heavy atom. The largest absolute Gasteiger partial charge is 0.467 e. The molecular weight excluding hydrogens is 262 g/mol. The Bertz CT molecular complexity index is 424. The molecule has 1 spiro atoms. The molecule has 0 aliphatic heterocycles. The number of carbonyl (C=O) groups is 2. The van der Waals surface area contributed by atoms with E-state index in [1.807, 2.05) is 0 Å². The summed E-state index contributed by atoms with van der Waals surface area (Å²) in [5.74, 6) is -0.506. The van der Waals surface area contributed by atoms with E-state index in [-0.39, 0.29) is 6.42 Å². The van der Waals surface area contributed by atoms with Crippen LogP contribution in [-0.4, -0.2) is 41.5 Å². The minimum absolute atomic E-state index is 0.179. The Balaban J connectivity index is 2.18. The highest BCUT2D eigenvalue weighted by molar-refractivity contribution is 5.89. The van der Waals surface area contributed by atoms with E-state index in [4.69, 9.17) is 9.47 Å². The van der Waals surface area contributed by atoms with Gasteiger partial charge < -0.3 is 19.9 Å². The quantitative estimate of drug-likeness (QED) is 0.748. The average molecular weight is 285 g/mol. The zero-order chi connectivity index (χ0) is 15.2. The minimum atomic E-state index is -1.15. The van der Waals surface area contributed by atoms with Crippen molar-refractivity contribution in [3.8, 4) is 0 Å². The lowest BCUT2D eigenvalue weighted by molar-refractivity contribution is -0.215. The van der Waals surface area contributed by atoms with Gasteiger partial charge in [0, 0.05) is 11.8 Å². The van der Waals surface area contributed by atoms with Crippen molar-refractivity contribution in [2.24, 2.45) is 5.41 Å². The van der Waals surface area contributed by atoms with Crippen molar-refractivity contribution in [3.63, 3.8) is 0 Å². The zero-order valence-corrected chi connectivity index (χ0v) is 12.5. The molecule has 0 aromatic heterocycles. The molecule has 1 amide bonds. The van der Waals surface area contributed by atoms with Gasteiger partial charge in [-0.15, -0.1) is 0 Å². The summed E-state index contributed by atoms with van der Waals surface area (Å²) < 4.78 is 10.1. The molecule has 6 heteroatoms. The van der Waals surface area contributed by atoms with Crippen molar-refractivity contribution in [1.29, 1.82) is 0 Å². The fourth-order valence-corrected chi connectivity index (χ4v) is 3.32. The maximum absolute atomic E-state index is 12.2. The fraction of sp³-hybridized carbons (Fsp3) is 0.857. The highest BCUT2D eigenvalue weighted by atomic mass is 16.6. The molecule has 2 aliphatic rings. The van der Waals surface area contributed by atoms with Crippen LogP contribution in [0.1, 0.15) is 46.5 Å². The van der Waals surface area contributed by atoms with Crippen LogP contribution in [0.2, 0.25) is 0 Å². The Morgan fingerprint density at radius 1 is 1.30 bits per heavy atom. The summed E-state index contributed by atoms with van der Waals surface area (Å²) in [6.45, 7) is 5.27. The molecular formula is C14H23NO5. The van der Waals surface area contributed by atoms with Crippen LogP contribution in [0.5, 0.6) is 0 Å². The van der Waals surface area contributed by atoms with Crippen LogP contribution >= 0.6 is 0 Å². The molecule has 20 heavy (non-hydrogen) atoms. The van der Waals surface area contributed by atoms with Crippen molar-refractivity contribution in [2.75, 3.05) is 7.11 Å². The van der Waals surface area contributed by atoms with Crippen molar-refractivity contribution in [2.45, 2.75) is 63.7 Å². The topological polar surface area (TPSA) is 84.9 Å². The molecule has 2 atom stereocenters. The number of aliphatic hydroxyl groups excluding tert-OH is 1. The molecule has 2 saturated carbocycles. The van der Waals surface area contributed by atoms with E-state index in [1.54, 1.807) is 20.8 Å². The van der Waals surface area contributed by atoms with Crippen LogP contribution in [0, 0.1) is 5.41 Å². The summed E-state index contributed by atoms with van der Waals surface area (Å²) in [4.78, 5) is 24.2. The third-order valence-corrected chi connectivity index (χ3v) is 4.48. The summed E-state index contributed by atoms with van der Waals surface area (Å²) in [5, 5.41) is 12.7. The number of methoxy groups -OCH3 is 1. The molecule has 0 bridgehead atoms. The minimum Gasteiger partial charge on any atom is -0.467 e. The normalized spacial score (nSPS) is 30.9. The first-order chi connectivity index (χ1) is 9.17. The summed E-state index contributed by atoms with van der Waals surface area (Å²) in [7, 11) is 1.29. The first-order valence-corrected chi connectivity index (χ1v) is 6.94. The van der Waals surface area contributed by atoms with Crippen LogP contribution in [0.25, 0.3) is 0 Å². The van der Waals surface area contributed by atoms with Crippen LogP contribution in [0.3, 0.4) is 0 Å². The zero-order valence-electron chi connectivity index (χ0n) is 12.5. The molecule has 2 rings (SSSR count). The van der Waals surface area contributed by atoms with Gasteiger partial charge >= 0.3 is 12.1 Å². The van der Waals surface area contributed by atoms with Gasteiger partial charge in [0.2, 0.25) is 0 Å². The number of aliphatic hydroxyl groups is 1. The van der Waals surface area contributed by atoms with E-state index >= 15 is 0 Å². The van der Waals surface area contributed by atoms with Gasteiger partial charge in [-0.05, 0) is 33.6 Å². The molecule has 2 aliphatic carbocycles. The number of alkyl carbamates (subject to hydrolysis) is 1. The van der Waals surface area contributed by atoms with Gasteiger partial charge in [-0.3, -0.25) is 0 Å². The Morgan fingerprint density at radius 2 is 1.90 bits per heavy atom. The number of carbonyl (C=O) groups excluding carboxylic acids is 2. The standard InChI is InChI=1S/C14H23NO5/c1-12(2,3)20-11(18)15-14(10(17)19-4)8-9(16)13(14)6-5-7-13/h9,16H,5-8H2,1-4H3,(H,15,18)/t9-,14+/m0/s1. The van der Waals surface area contributed by atoms with Crippen LogP contribution in [0.15, 0.2) is 0 Å². The Kier molecular flexibility index (Phi) is 3.48. The van der Waals surface area contributed by atoms with Gasteiger partial charge in [0.05, 0.1) is 13.2 Å². The van der Waals surface area contributed by atoms with Crippen LogP contribution in [-0.2, 0) is 14.3 Å². The summed E-state index contributed by atoms with van der Waals surface area (Å²) >= 11 is 0. The predicted octanol–water partition coefficient (Wildman–Crippen LogP) is 1.36. The molecule has 0 aromatic carbocycles. The second kappa shape index (κ2) is 4.62. The third-order valence-electron chi connectivity index (χ3n) is 4.48. The number of nitrogens with one attached hydrogen (secondary N) is 1. The number of amides is 1. The van der Waals surface area contributed by atoms with Gasteiger partial charge in [0.15, 0.2) is 5.54 Å². The molecule has 6 nitrogen and oxygen atoms in total. The highest BCUT2D eigenvalue weighted by Crippen LogP contribution is 2.62. The first-order valence-electron chi connectivity index (χ1n) is 6.94. The van der Waals surface area contributed by atoms with E-state index in [2.05, 4.69) is 5.32 Å². The fourth-order valence-electron chi connectivity index (χ4n) is 3.32. The number of hydrogen-bond donors (Lipinski definition) is 2. The maximum Gasteiger partial charge on any atom is 0.408 e. The van der Waals surface area contributed by atoms with E-state index in [0.717, 1.165) is 6.42 Å². The lowest BCUT2D eigenvalue weighted by atomic mass is 9.43. The Labute approximate surface area is 118 Å². The summed E-state index contributed by atoms with van der Waals surface area (Å²) in [6, 6.07) is 0.